The first-order valence-corrected chi connectivity index (χ1v) is 5.44. The third kappa shape index (κ3) is 115. The second-order valence-electron chi connectivity index (χ2n) is 3.64. The Bertz CT molecular complexity index is 358. The quantitative estimate of drug-likeness (QED) is 0.426. The van der Waals surface area contributed by atoms with Crippen LogP contribution in [0.5, 0.6) is 0 Å². The van der Waals surface area contributed by atoms with E-state index in [-0.39, 0.29) is 56.9 Å². The van der Waals surface area contributed by atoms with Crippen LogP contribution < -0.4 is 0 Å². The molecular weight excluding hydrogens is 412 g/mol. The molecule has 0 spiro atoms. The topological polar surface area (TPSA) is 31.5 Å². The summed E-state index contributed by atoms with van der Waals surface area (Å²) in [5.74, 6) is 0. The number of hydrogen-bond donors (Lipinski definition) is 0. The average molecular weight is 425 g/mol. The van der Waals surface area contributed by atoms with Crippen LogP contribution in [0.25, 0.3) is 0 Å². The van der Waals surface area contributed by atoms with E-state index < -0.39 is 21.8 Å². The normalized spacial score (nSPS) is 10.2. The van der Waals surface area contributed by atoms with Crippen LogP contribution in [0.15, 0.2) is 24.3 Å². The second kappa shape index (κ2) is 16.4. The minimum absolute atomic E-state index is 0. The summed E-state index contributed by atoms with van der Waals surface area (Å²) in [6.45, 7) is 4.21. The third-order valence-electron chi connectivity index (χ3n) is 1.17. The summed E-state index contributed by atoms with van der Waals surface area (Å²) in [6.07, 6.45) is 0. The van der Waals surface area contributed by atoms with Crippen LogP contribution >= 0.6 is 0 Å². The van der Waals surface area contributed by atoms with Crippen molar-refractivity contribution in [2.45, 2.75) is 13.8 Å². The zero-order valence-corrected chi connectivity index (χ0v) is 12.1. The Morgan fingerprint density at radius 3 is 0.800 bits per heavy atom. The molecule has 0 aliphatic rings. The molecule has 148 valence electrons. The van der Waals surface area contributed by atoms with E-state index in [1.165, 1.54) is 11.1 Å². The molecule has 0 aromatic heterocycles. The molecule has 0 radical (unpaired) electrons. The molecule has 0 unspecified atom stereocenters. The van der Waals surface area contributed by atoms with E-state index in [0.29, 0.717) is 0 Å². The number of hydrogen-bond acceptors (Lipinski definition) is 0. The van der Waals surface area contributed by atoms with Crippen LogP contribution in [0, 0.1) is 13.8 Å². The number of aryl methyl sites for hydroxylation is 2. The maximum absolute atomic E-state index is 9.75. The standard InChI is InChI=1S/C8H10.3BF4.K.H2O.H/c1-7-4-3-5-8(2)6-7;3*2-1(3,4)5;;;/h3-6H,1-2H3;;;;;1H2;/q;3*-1;;;. The van der Waals surface area contributed by atoms with Gasteiger partial charge in [0.1, 0.15) is 0 Å². The molecule has 0 aliphatic carbocycles. The first-order chi connectivity index (χ1) is 9.79. The van der Waals surface area contributed by atoms with Crippen LogP contribution in [0.1, 0.15) is 11.1 Å². The molecule has 0 fully saturated rings. The van der Waals surface area contributed by atoms with Crippen molar-refractivity contribution in [3.05, 3.63) is 35.4 Å². The average Bonchev–Trinajstić information content (AvgIpc) is 2.07. The van der Waals surface area contributed by atoms with Crippen molar-refractivity contribution in [3.8, 4) is 0 Å². The van der Waals surface area contributed by atoms with E-state index in [4.69, 9.17) is 0 Å². The van der Waals surface area contributed by atoms with Gasteiger partial charge < -0.3 is 57.3 Å². The predicted octanol–water partition coefficient (Wildman–Crippen LogP) is 4.73. The third-order valence-corrected chi connectivity index (χ3v) is 1.17. The molecule has 17 heteroatoms. The summed E-state index contributed by atoms with van der Waals surface area (Å²) in [4.78, 5) is 0. The van der Waals surface area contributed by atoms with Crippen molar-refractivity contribution in [2.75, 3.05) is 0 Å². The molecule has 0 saturated carbocycles. The summed E-state index contributed by atoms with van der Waals surface area (Å²) in [5.41, 5.74) is 2.68. The summed E-state index contributed by atoms with van der Waals surface area (Å²) < 4.78 is 117. The van der Waals surface area contributed by atoms with E-state index in [1.807, 2.05) is 0 Å². The van der Waals surface area contributed by atoms with E-state index in [2.05, 4.69) is 38.1 Å². The molecule has 0 bridgehead atoms. The van der Waals surface area contributed by atoms with Crippen molar-refractivity contribution in [3.63, 3.8) is 0 Å². The van der Waals surface area contributed by atoms with Gasteiger partial charge in [0, 0.05) is 0 Å². The van der Waals surface area contributed by atoms with Crippen molar-refractivity contribution in [1.29, 1.82) is 0 Å². The van der Waals surface area contributed by atoms with Crippen LogP contribution in [-0.2, 0) is 0 Å². The minimum atomic E-state index is -6.00. The summed E-state index contributed by atoms with van der Waals surface area (Å²) in [7, 11) is -18.0. The Hall–Kier alpha value is 0.171. The Labute approximate surface area is 178 Å². The fourth-order valence-corrected chi connectivity index (χ4v) is 0.807. The first kappa shape index (κ1) is 36.1. The van der Waals surface area contributed by atoms with Crippen LogP contribution in [0.4, 0.5) is 51.8 Å². The maximum atomic E-state index is 9.75. The summed E-state index contributed by atoms with van der Waals surface area (Å²) >= 11 is 0. The fraction of sp³-hybridized carbons (Fsp3) is 0.250. The van der Waals surface area contributed by atoms with E-state index in [1.54, 1.807) is 0 Å². The SMILES string of the molecule is Cc1cccc(C)c1.F[B-](F)(F)F.F[B-](F)(F)F.F[B-](F)(F)F.O.[KH]. The molecule has 1 aromatic rings. The van der Waals surface area contributed by atoms with Crippen molar-refractivity contribution in [1.82, 2.24) is 0 Å². The van der Waals surface area contributed by atoms with Gasteiger partial charge in [-0.1, -0.05) is 35.4 Å². The molecule has 25 heavy (non-hydrogen) atoms. The Morgan fingerprint density at radius 1 is 0.560 bits per heavy atom. The number of halogens is 12. The van der Waals surface area contributed by atoms with Crippen LogP contribution in [0.3, 0.4) is 0 Å². The first-order valence-electron chi connectivity index (χ1n) is 5.44. The summed E-state index contributed by atoms with van der Waals surface area (Å²) in [6, 6.07) is 8.45. The summed E-state index contributed by atoms with van der Waals surface area (Å²) in [5, 5.41) is 0. The molecule has 1 rings (SSSR count). The molecule has 0 heterocycles. The zero-order valence-electron chi connectivity index (χ0n) is 12.1. The molecule has 0 aliphatic heterocycles. The molecular formula is C8H13B3F12KO-3. The van der Waals surface area contributed by atoms with Gasteiger partial charge >= 0.3 is 73.1 Å². The van der Waals surface area contributed by atoms with Crippen molar-refractivity contribution >= 4 is 73.1 Å². The van der Waals surface area contributed by atoms with Gasteiger partial charge in [0.05, 0.1) is 0 Å². The number of benzene rings is 1. The van der Waals surface area contributed by atoms with Crippen molar-refractivity contribution in [2.24, 2.45) is 0 Å². The van der Waals surface area contributed by atoms with Gasteiger partial charge in [-0.2, -0.15) is 0 Å². The Morgan fingerprint density at radius 2 is 0.720 bits per heavy atom. The molecule has 0 saturated heterocycles. The van der Waals surface area contributed by atoms with Crippen LogP contribution in [-0.4, -0.2) is 78.6 Å². The van der Waals surface area contributed by atoms with Gasteiger partial charge in [-0.3, -0.25) is 0 Å². The zero-order chi connectivity index (χ0) is 19.5. The number of rotatable bonds is 0. The predicted molar refractivity (Wildman–Crippen MR) is 77.2 cm³/mol. The van der Waals surface area contributed by atoms with E-state index in [0.717, 1.165) is 0 Å². The molecule has 0 amide bonds. The van der Waals surface area contributed by atoms with Gasteiger partial charge in [-0.05, 0) is 13.8 Å². The Kier molecular flexibility index (Phi) is 23.6. The second-order valence-corrected chi connectivity index (χ2v) is 3.64. The van der Waals surface area contributed by atoms with Gasteiger partial charge in [0.25, 0.3) is 0 Å². The van der Waals surface area contributed by atoms with Crippen molar-refractivity contribution < 1.29 is 57.3 Å². The molecule has 0 atom stereocenters. The molecule has 1 nitrogen and oxygen atoms in total. The van der Waals surface area contributed by atoms with Gasteiger partial charge in [-0.15, -0.1) is 0 Å². The van der Waals surface area contributed by atoms with Gasteiger partial charge in [0.2, 0.25) is 0 Å². The van der Waals surface area contributed by atoms with Gasteiger partial charge in [-0.25, -0.2) is 0 Å². The van der Waals surface area contributed by atoms with Crippen LogP contribution in [0.2, 0.25) is 0 Å². The molecule has 2 N–H and O–H groups in total. The van der Waals surface area contributed by atoms with Gasteiger partial charge in [0.15, 0.2) is 0 Å². The Balaban J connectivity index is -0.0000000714. The monoisotopic (exact) mass is 425 g/mol. The molecule has 1 aromatic carbocycles. The fourth-order valence-electron chi connectivity index (χ4n) is 0.807. The van der Waals surface area contributed by atoms with E-state index >= 15 is 0 Å². The van der Waals surface area contributed by atoms with E-state index in [9.17, 15) is 51.8 Å².